The summed E-state index contributed by atoms with van der Waals surface area (Å²) < 4.78 is 0. The number of rotatable bonds is 1. The molecule has 1 atom stereocenters. The summed E-state index contributed by atoms with van der Waals surface area (Å²) in [6.45, 7) is 5.57. The van der Waals surface area contributed by atoms with Crippen LogP contribution in [-0.2, 0) is 0 Å². The first-order valence-electron chi connectivity index (χ1n) is 4.58. The first kappa shape index (κ1) is 7.81. The Morgan fingerprint density at radius 2 is 2.08 bits per heavy atom. The van der Waals surface area contributed by atoms with E-state index in [1.807, 2.05) is 0 Å². The highest BCUT2D eigenvalue weighted by Gasteiger charge is 2.19. The lowest BCUT2D eigenvalue weighted by atomic mass is 9.92. The van der Waals surface area contributed by atoms with Gasteiger partial charge in [0.25, 0.3) is 0 Å². The standard InChI is InChI=1S/C11H15N/c1-8-4-3-5-10(9(8)2)11-6-7-12-11/h3-5,11-12H,6-7H2,1-2H3/t11-/m0/s1. The Kier molecular flexibility index (Phi) is 1.89. The van der Waals surface area contributed by atoms with E-state index in [1.165, 1.54) is 29.7 Å². The van der Waals surface area contributed by atoms with Gasteiger partial charge in [-0.1, -0.05) is 18.2 Å². The van der Waals surface area contributed by atoms with E-state index >= 15 is 0 Å². The number of benzene rings is 1. The predicted molar refractivity (Wildman–Crippen MR) is 51.3 cm³/mol. The number of hydrogen-bond acceptors (Lipinski definition) is 1. The summed E-state index contributed by atoms with van der Waals surface area (Å²) in [6.07, 6.45) is 1.30. The minimum atomic E-state index is 0.630. The SMILES string of the molecule is Cc1cccc([C@@H]2CCN2)c1C. The Morgan fingerprint density at radius 1 is 1.33 bits per heavy atom. The highest BCUT2D eigenvalue weighted by Crippen LogP contribution is 2.26. The molecule has 0 aliphatic carbocycles. The fourth-order valence-electron chi connectivity index (χ4n) is 1.71. The molecule has 0 saturated carbocycles. The summed E-state index contributed by atoms with van der Waals surface area (Å²) in [5.41, 5.74) is 4.34. The number of aryl methyl sites for hydroxylation is 1. The molecule has 1 N–H and O–H groups in total. The van der Waals surface area contributed by atoms with Gasteiger partial charge in [-0.3, -0.25) is 0 Å². The van der Waals surface area contributed by atoms with Crippen molar-refractivity contribution in [3.8, 4) is 0 Å². The second-order valence-corrected chi connectivity index (χ2v) is 3.58. The molecule has 2 rings (SSSR count). The van der Waals surface area contributed by atoms with Gasteiger partial charge in [0.15, 0.2) is 0 Å². The third-order valence-corrected chi connectivity index (χ3v) is 2.85. The highest BCUT2D eigenvalue weighted by molar-refractivity contribution is 5.36. The zero-order valence-electron chi connectivity index (χ0n) is 7.72. The second kappa shape index (κ2) is 2.91. The van der Waals surface area contributed by atoms with Gasteiger partial charge in [-0.2, -0.15) is 0 Å². The molecule has 12 heavy (non-hydrogen) atoms. The van der Waals surface area contributed by atoms with Crippen molar-refractivity contribution in [3.05, 3.63) is 34.9 Å². The quantitative estimate of drug-likeness (QED) is 0.666. The van der Waals surface area contributed by atoms with E-state index in [0.29, 0.717) is 6.04 Å². The molecule has 0 amide bonds. The van der Waals surface area contributed by atoms with Gasteiger partial charge in [0.2, 0.25) is 0 Å². The van der Waals surface area contributed by atoms with Crippen LogP contribution in [0.15, 0.2) is 18.2 Å². The number of nitrogens with one attached hydrogen (secondary N) is 1. The molecule has 0 spiro atoms. The van der Waals surface area contributed by atoms with Gasteiger partial charge >= 0.3 is 0 Å². The Labute approximate surface area is 73.8 Å². The first-order valence-corrected chi connectivity index (χ1v) is 4.58. The lowest BCUT2D eigenvalue weighted by molar-refractivity contribution is 0.382. The van der Waals surface area contributed by atoms with Crippen LogP contribution in [0.4, 0.5) is 0 Å². The molecule has 0 aromatic heterocycles. The van der Waals surface area contributed by atoms with E-state index in [0.717, 1.165) is 0 Å². The smallest absolute Gasteiger partial charge is 0.0335 e. The summed E-state index contributed by atoms with van der Waals surface area (Å²) in [4.78, 5) is 0. The maximum atomic E-state index is 3.43. The van der Waals surface area contributed by atoms with Crippen LogP contribution < -0.4 is 5.32 Å². The molecular weight excluding hydrogens is 146 g/mol. The minimum Gasteiger partial charge on any atom is -0.310 e. The molecule has 1 saturated heterocycles. The van der Waals surface area contributed by atoms with Crippen molar-refractivity contribution in [1.82, 2.24) is 5.32 Å². The van der Waals surface area contributed by atoms with E-state index in [9.17, 15) is 0 Å². The fourth-order valence-corrected chi connectivity index (χ4v) is 1.71. The largest absolute Gasteiger partial charge is 0.310 e. The molecule has 64 valence electrons. The molecule has 1 heterocycles. The van der Waals surface area contributed by atoms with Gasteiger partial charge in [0, 0.05) is 6.04 Å². The van der Waals surface area contributed by atoms with Gasteiger partial charge in [0.1, 0.15) is 0 Å². The van der Waals surface area contributed by atoms with Crippen LogP contribution in [0.3, 0.4) is 0 Å². The minimum absolute atomic E-state index is 0.630. The Hall–Kier alpha value is -0.820. The molecule has 1 aliphatic heterocycles. The molecule has 1 aliphatic rings. The van der Waals surface area contributed by atoms with Crippen LogP contribution in [0.2, 0.25) is 0 Å². The Balaban J connectivity index is 2.36. The van der Waals surface area contributed by atoms with Gasteiger partial charge < -0.3 is 5.32 Å². The van der Waals surface area contributed by atoms with Crippen molar-refractivity contribution in [1.29, 1.82) is 0 Å². The number of hydrogen-bond donors (Lipinski definition) is 1. The molecule has 0 unspecified atom stereocenters. The Morgan fingerprint density at radius 3 is 2.67 bits per heavy atom. The summed E-state index contributed by atoms with van der Waals surface area (Å²) in [5.74, 6) is 0. The van der Waals surface area contributed by atoms with Crippen LogP contribution in [0.5, 0.6) is 0 Å². The summed E-state index contributed by atoms with van der Waals surface area (Å²) in [6, 6.07) is 7.19. The average Bonchev–Trinajstić information content (AvgIpc) is 1.95. The zero-order chi connectivity index (χ0) is 8.55. The molecule has 1 nitrogen and oxygen atoms in total. The lowest BCUT2D eigenvalue weighted by Crippen LogP contribution is -2.35. The van der Waals surface area contributed by atoms with E-state index in [1.54, 1.807) is 0 Å². The summed E-state index contributed by atoms with van der Waals surface area (Å²) >= 11 is 0. The molecule has 0 bridgehead atoms. The van der Waals surface area contributed by atoms with Crippen LogP contribution in [-0.4, -0.2) is 6.54 Å². The second-order valence-electron chi connectivity index (χ2n) is 3.58. The Bertz CT molecular complexity index is 287. The molecule has 1 aromatic carbocycles. The molecular formula is C11H15N. The first-order chi connectivity index (χ1) is 5.79. The van der Waals surface area contributed by atoms with Crippen molar-refractivity contribution in [2.24, 2.45) is 0 Å². The molecule has 1 heteroatoms. The monoisotopic (exact) mass is 161 g/mol. The van der Waals surface area contributed by atoms with E-state index in [-0.39, 0.29) is 0 Å². The maximum absolute atomic E-state index is 3.43. The van der Waals surface area contributed by atoms with Crippen LogP contribution >= 0.6 is 0 Å². The molecule has 0 radical (unpaired) electrons. The van der Waals surface area contributed by atoms with Gasteiger partial charge in [-0.05, 0) is 43.5 Å². The zero-order valence-corrected chi connectivity index (χ0v) is 7.72. The van der Waals surface area contributed by atoms with E-state index in [2.05, 4.69) is 37.4 Å². The predicted octanol–water partition coefficient (Wildman–Crippen LogP) is 2.34. The summed E-state index contributed by atoms with van der Waals surface area (Å²) in [5, 5.41) is 3.43. The van der Waals surface area contributed by atoms with Crippen LogP contribution in [0.1, 0.15) is 29.2 Å². The van der Waals surface area contributed by atoms with Crippen molar-refractivity contribution in [2.45, 2.75) is 26.3 Å². The highest BCUT2D eigenvalue weighted by atomic mass is 15.0. The topological polar surface area (TPSA) is 12.0 Å². The summed E-state index contributed by atoms with van der Waals surface area (Å²) in [7, 11) is 0. The van der Waals surface area contributed by atoms with Crippen molar-refractivity contribution in [2.75, 3.05) is 6.54 Å². The fraction of sp³-hybridized carbons (Fsp3) is 0.455. The van der Waals surface area contributed by atoms with Gasteiger partial charge in [0.05, 0.1) is 0 Å². The normalized spacial score (nSPS) is 22.0. The third-order valence-electron chi connectivity index (χ3n) is 2.85. The lowest BCUT2D eigenvalue weighted by Gasteiger charge is -2.29. The average molecular weight is 161 g/mol. The van der Waals surface area contributed by atoms with E-state index < -0.39 is 0 Å². The van der Waals surface area contributed by atoms with Crippen LogP contribution in [0.25, 0.3) is 0 Å². The van der Waals surface area contributed by atoms with Crippen LogP contribution in [0, 0.1) is 13.8 Å². The van der Waals surface area contributed by atoms with Gasteiger partial charge in [-0.15, -0.1) is 0 Å². The molecule has 1 aromatic rings. The van der Waals surface area contributed by atoms with Crippen molar-refractivity contribution < 1.29 is 0 Å². The third kappa shape index (κ3) is 1.14. The molecule has 1 fully saturated rings. The van der Waals surface area contributed by atoms with Crippen molar-refractivity contribution in [3.63, 3.8) is 0 Å². The van der Waals surface area contributed by atoms with Crippen molar-refractivity contribution >= 4 is 0 Å². The van der Waals surface area contributed by atoms with E-state index in [4.69, 9.17) is 0 Å². The maximum Gasteiger partial charge on any atom is 0.0335 e. The van der Waals surface area contributed by atoms with Gasteiger partial charge in [-0.25, -0.2) is 0 Å².